The second kappa shape index (κ2) is 9.46. The molecule has 0 spiro atoms. The van der Waals surface area contributed by atoms with Crippen LogP contribution >= 0.6 is 0 Å². The van der Waals surface area contributed by atoms with E-state index in [1.165, 1.54) is 18.0 Å². The molecule has 28 heavy (non-hydrogen) atoms. The van der Waals surface area contributed by atoms with Crippen LogP contribution in [0.1, 0.15) is 53.5 Å². The molecule has 2 aromatic rings. The molecule has 0 saturated heterocycles. The van der Waals surface area contributed by atoms with Crippen molar-refractivity contribution in [2.45, 2.75) is 32.6 Å². The van der Waals surface area contributed by atoms with E-state index in [0.717, 1.165) is 13.0 Å². The minimum Gasteiger partial charge on any atom is -0.352 e. The van der Waals surface area contributed by atoms with Gasteiger partial charge in [0.2, 0.25) is 0 Å². The second-order valence-electron chi connectivity index (χ2n) is 8.16. The maximum atomic E-state index is 12.5. The molecule has 1 aromatic carbocycles. The Morgan fingerprint density at radius 1 is 1.00 bits per heavy atom. The molecular weight excluding hydrogens is 352 g/mol. The van der Waals surface area contributed by atoms with E-state index in [2.05, 4.69) is 41.3 Å². The predicted octanol–water partition coefficient (Wildman–Crippen LogP) is 3.31. The fourth-order valence-corrected chi connectivity index (χ4v) is 2.64. The largest absolute Gasteiger partial charge is 0.352 e. The maximum absolute atomic E-state index is 12.5. The van der Waals surface area contributed by atoms with E-state index in [0.29, 0.717) is 23.4 Å². The van der Waals surface area contributed by atoms with Crippen LogP contribution in [0.15, 0.2) is 42.7 Å². The number of carbonyl (C=O) groups excluding carboxylic acids is 2. The number of rotatable bonds is 7. The van der Waals surface area contributed by atoms with Crippen molar-refractivity contribution >= 4 is 17.5 Å². The van der Waals surface area contributed by atoms with Crippen LogP contribution in [0.5, 0.6) is 0 Å². The number of pyridine rings is 1. The van der Waals surface area contributed by atoms with Crippen molar-refractivity contribution in [1.29, 1.82) is 0 Å². The minimum atomic E-state index is -0.293. The summed E-state index contributed by atoms with van der Waals surface area (Å²) in [6.45, 7) is 7.90. The third-order valence-electron chi connectivity index (χ3n) is 4.34. The number of hydrogen-bond donors (Lipinski definition) is 2. The maximum Gasteiger partial charge on any atom is 0.257 e. The quantitative estimate of drug-likeness (QED) is 0.721. The molecule has 0 atom stereocenters. The molecule has 1 heterocycles. The van der Waals surface area contributed by atoms with Crippen LogP contribution in [-0.2, 0) is 5.41 Å². The van der Waals surface area contributed by atoms with Crippen LogP contribution in [0.3, 0.4) is 0 Å². The van der Waals surface area contributed by atoms with Crippen LogP contribution in [0.4, 0.5) is 5.69 Å². The fraction of sp³-hybridized carbons (Fsp3) is 0.409. The molecule has 6 nitrogen and oxygen atoms in total. The Bertz CT molecular complexity index is 808. The van der Waals surface area contributed by atoms with Gasteiger partial charge in [-0.05, 0) is 56.2 Å². The molecule has 150 valence electrons. The van der Waals surface area contributed by atoms with Crippen molar-refractivity contribution in [3.63, 3.8) is 0 Å². The van der Waals surface area contributed by atoms with E-state index in [-0.39, 0.29) is 17.2 Å². The van der Waals surface area contributed by atoms with Crippen LogP contribution in [0.25, 0.3) is 0 Å². The van der Waals surface area contributed by atoms with Crippen LogP contribution in [0, 0.1) is 0 Å². The van der Waals surface area contributed by atoms with Crippen molar-refractivity contribution in [2.24, 2.45) is 0 Å². The van der Waals surface area contributed by atoms with E-state index in [9.17, 15) is 9.59 Å². The van der Waals surface area contributed by atoms with Gasteiger partial charge in [-0.25, -0.2) is 0 Å². The van der Waals surface area contributed by atoms with E-state index in [1.807, 2.05) is 38.4 Å². The van der Waals surface area contributed by atoms with Crippen molar-refractivity contribution in [3.05, 3.63) is 59.4 Å². The van der Waals surface area contributed by atoms with Gasteiger partial charge in [-0.3, -0.25) is 14.6 Å². The molecule has 0 aliphatic rings. The minimum absolute atomic E-state index is 0.0562. The summed E-state index contributed by atoms with van der Waals surface area (Å²) in [5, 5.41) is 5.70. The first-order valence-corrected chi connectivity index (χ1v) is 9.46. The van der Waals surface area contributed by atoms with Gasteiger partial charge in [0.1, 0.15) is 0 Å². The lowest BCUT2D eigenvalue weighted by Crippen LogP contribution is -2.27. The lowest BCUT2D eigenvalue weighted by atomic mass is 9.87. The van der Waals surface area contributed by atoms with Crippen molar-refractivity contribution in [2.75, 3.05) is 32.5 Å². The Morgan fingerprint density at radius 3 is 2.18 bits per heavy atom. The zero-order valence-electron chi connectivity index (χ0n) is 17.4. The summed E-state index contributed by atoms with van der Waals surface area (Å²) in [6.07, 6.45) is 3.79. The summed E-state index contributed by atoms with van der Waals surface area (Å²) in [6, 6.07) is 9.34. The Balaban J connectivity index is 1.98. The van der Waals surface area contributed by atoms with Crippen LogP contribution < -0.4 is 10.6 Å². The van der Waals surface area contributed by atoms with E-state index in [4.69, 9.17) is 0 Å². The monoisotopic (exact) mass is 382 g/mol. The SMILES string of the molecule is CN(C)CCCNC(=O)c1cncc(C(=O)Nc2ccc(C(C)(C)C)cc2)c1. The Labute approximate surface area is 167 Å². The highest BCUT2D eigenvalue weighted by Crippen LogP contribution is 2.23. The molecule has 2 rings (SSSR count). The summed E-state index contributed by atoms with van der Waals surface area (Å²) in [7, 11) is 3.98. The van der Waals surface area contributed by atoms with E-state index >= 15 is 0 Å². The molecule has 6 heteroatoms. The second-order valence-corrected chi connectivity index (χ2v) is 8.16. The van der Waals surface area contributed by atoms with Gasteiger partial charge in [0.05, 0.1) is 11.1 Å². The molecule has 0 unspecified atom stereocenters. The highest BCUT2D eigenvalue weighted by Gasteiger charge is 2.14. The highest BCUT2D eigenvalue weighted by molar-refractivity contribution is 6.05. The number of nitrogens with one attached hydrogen (secondary N) is 2. The van der Waals surface area contributed by atoms with Gasteiger partial charge < -0.3 is 15.5 Å². The van der Waals surface area contributed by atoms with E-state index < -0.39 is 0 Å². The molecule has 2 amide bonds. The summed E-state index contributed by atoms with van der Waals surface area (Å²) in [4.78, 5) is 30.9. The first kappa shape index (κ1) is 21.6. The molecule has 0 radical (unpaired) electrons. The Hall–Kier alpha value is -2.73. The number of nitrogens with zero attached hydrogens (tertiary/aromatic N) is 2. The van der Waals surface area contributed by atoms with Crippen molar-refractivity contribution < 1.29 is 9.59 Å². The van der Waals surface area contributed by atoms with Gasteiger partial charge in [-0.1, -0.05) is 32.9 Å². The van der Waals surface area contributed by atoms with Crippen LogP contribution in [-0.4, -0.2) is 48.9 Å². The fourth-order valence-electron chi connectivity index (χ4n) is 2.64. The third-order valence-corrected chi connectivity index (χ3v) is 4.34. The van der Waals surface area contributed by atoms with Gasteiger partial charge in [-0.2, -0.15) is 0 Å². The van der Waals surface area contributed by atoms with Gasteiger partial charge in [-0.15, -0.1) is 0 Å². The molecule has 1 aromatic heterocycles. The van der Waals surface area contributed by atoms with Gasteiger partial charge in [0.25, 0.3) is 11.8 Å². The van der Waals surface area contributed by atoms with Crippen LogP contribution in [0.2, 0.25) is 0 Å². The standard InChI is InChI=1S/C22H30N4O2/c1-22(2,3)18-7-9-19(10-8-18)25-21(28)17-13-16(14-23-15-17)20(27)24-11-6-12-26(4)5/h7-10,13-15H,6,11-12H2,1-5H3,(H,24,27)(H,25,28). The molecule has 0 aliphatic carbocycles. The molecular formula is C22H30N4O2. The molecule has 0 saturated carbocycles. The van der Waals surface area contributed by atoms with Crippen molar-refractivity contribution in [3.8, 4) is 0 Å². The molecule has 0 bridgehead atoms. The molecule has 0 aliphatic heterocycles. The van der Waals surface area contributed by atoms with Gasteiger partial charge >= 0.3 is 0 Å². The number of anilines is 1. The Morgan fingerprint density at radius 2 is 1.61 bits per heavy atom. The lowest BCUT2D eigenvalue weighted by Gasteiger charge is -2.19. The first-order chi connectivity index (χ1) is 13.2. The summed E-state index contributed by atoms with van der Waals surface area (Å²) < 4.78 is 0. The molecule has 0 fully saturated rings. The Kier molecular flexibility index (Phi) is 7.29. The number of hydrogen-bond acceptors (Lipinski definition) is 4. The number of carbonyl (C=O) groups is 2. The summed E-state index contributed by atoms with van der Waals surface area (Å²) in [5.41, 5.74) is 2.68. The topological polar surface area (TPSA) is 74.3 Å². The molecule has 2 N–H and O–H groups in total. The number of amides is 2. The smallest absolute Gasteiger partial charge is 0.257 e. The van der Waals surface area contributed by atoms with Gasteiger partial charge in [0.15, 0.2) is 0 Å². The lowest BCUT2D eigenvalue weighted by molar-refractivity contribution is 0.0952. The third kappa shape index (κ3) is 6.46. The summed E-state index contributed by atoms with van der Waals surface area (Å²) in [5.74, 6) is -0.520. The number of aromatic nitrogens is 1. The first-order valence-electron chi connectivity index (χ1n) is 9.46. The average molecular weight is 383 g/mol. The zero-order chi connectivity index (χ0) is 20.7. The van der Waals surface area contributed by atoms with E-state index in [1.54, 1.807) is 6.07 Å². The average Bonchev–Trinajstić information content (AvgIpc) is 2.64. The predicted molar refractivity (Wildman–Crippen MR) is 113 cm³/mol. The van der Waals surface area contributed by atoms with Gasteiger partial charge in [0, 0.05) is 24.6 Å². The van der Waals surface area contributed by atoms with Crippen molar-refractivity contribution in [1.82, 2.24) is 15.2 Å². The number of benzene rings is 1. The summed E-state index contributed by atoms with van der Waals surface area (Å²) >= 11 is 0. The zero-order valence-corrected chi connectivity index (χ0v) is 17.4. The highest BCUT2D eigenvalue weighted by atomic mass is 16.2. The normalized spacial score (nSPS) is 11.4.